The lowest BCUT2D eigenvalue weighted by molar-refractivity contribution is -0.137. The zero-order valence-electron chi connectivity index (χ0n) is 16.4. The summed E-state index contributed by atoms with van der Waals surface area (Å²) in [6.45, 7) is 1.89. The maximum absolute atomic E-state index is 12.8. The molecule has 0 N–H and O–H groups in total. The highest BCUT2D eigenvalue weighted by atomic mass is 32.2. The third-order valence-electron chi connectivity index (χ3n) is 5.09. The Morgan fingerprint density at radius 2 is 1.72 bits per heavy atom. The molecule has 0 aliphatic carbocycles. The highest BCUT2D eigenvalue weighted by Crippen LogP contribution is 2.20. The average Bonchev–Trinajstić information content (AvgIpc) is 3.10. The van der Waals surface area contributed by atoms with Gasteiger partial charge in [0, 0.05) is 12.6 Å². The molecule has 3 rings (SSSR count). The van der Waals surface area contributed by atoms with E-state index in [1.54, 1.807) is 12.1 Å². The van der Waals surface area contributed by atoms with E-state index in [1.165, 1.54) is 4.90 Å². The van der Waals surface area contributed by atoms with Crippen LogP contribution in [0.5, 0.6) is 0 Å². The second-order valence-corrected chi connectivity index (χ2v) is 9.42. The van der Waals surface area contributed by atoms with E-state index in [2.05, 4.69) is 0 Å². The first-order valence-corrected chi connectivity index (χ1v) is 11.5. The molecule has 0 radical (unpaired) electrons. The molecule has 0 spiro atoms. The Labute approximate surface area is 171 Å². The number of amides is 1. The number of sulfone groups is 1. The lowest BCUT2D eigenvalue weighted by Crippen LogP contribution is -2.42. The lowest BCUT2D eigenvalue weighted by atomic mass is 10.1. The predicted molar refractivity (Wildman–Crippen MR) is 110 cm³/mol. The zero-order chi connectivity index (χ0) is 20.9. The zero-order valence-corrected chi connectivity index (χ0v) is 17.2. The van der Waals surface area contributed by atoms with Gasteiger partial charge in [0.25, 0.3) is 5.91 Å². The summed E-state index contributed by atoms with van der Waals surface area (Å²) in [5, 5.41) is 0. The molecule has 1 atom stereocenters. The Morgan fingerprint density at radius 1 is 1.03 bits per heavy atom. The molecule has 0 saturated carbocycles. The van der Waals surface area contributed by atoms with Gasteiger partial charge in [0.2, 0.25) is 0 Å². The second-order valence-electron chi connectivity index (χ2n) is 7.19. The van der Waals surface area contributed by atoms with Crippen LogP contribution in [0.3, 0.4) is 0 Å². The predicted octanol–water partition coefficient (Wildman–Crippen LogP) is 2.62. The largest absolute Gasteiger partial charge is 0.452 e. The highest BCUT2D eigenvalue weighted by molar-refractivity contribution is 7.91. The summed E-state index contributed by atoms with van der Waals surface area (Å²) in [6, 6.07) is 16.0. The fourth-order valence-electron chi connectivity index (χ4n) is 3.39. The summed E-state index contributed by atoms with van der Waals surface area (Å²) >= 11 is 0. The van der Waals surface area contributed by atoms with Gasteiger partial charge in [-0.15, -0.1) is 0 Å². The minimum atomic E-state index is -3.15. The third-order valence-corrected chi connectivity index (χ3v) is 6.84. The summed E-state index contributed by atoms with van der Waals surface area (Å²) < 4.78 is 29.0. The maximum atomic E-state index is 12.8. The van der Waals surface area contributed by atoms with E-state index in [1.807, 2.05) is 49.4 Å². The first-order chi connectivity index (χ1) is 13.9. The molecule has 1 saturated heterocycles. The molecule has 1 aliphatic rings. The fourth-order valence-corrected chi connectivity index (χ4v) is 5.12. The summed E-state index contributed by atoms with van der Waals surface area (Å²) in [5.74, 6) is -0.952. The third kappa shape index (κ3) is 5.67. The molecule has 0 unspecified atom stereocenters. The van der Waals surface area contributed by atoms with Crippen LogP contribution >= 0.6 is 0 Å². The Hall–Kier alpha value is -2.67. The smallest absolute Gasteiger partial charge is 0.338 e. The summed E-state index contributed by atoms with van der Waals surface area (Å²) in [6.07, 6.45) is 1.26. The monoisotopic (exact) mass is 415 g/mol. The van der Waals surface area contributed by atoms with Crippen LogP contribution in [0.4, 0.5) is 0 Å². The molecule has 0 bridgehead atoms. The molecule has 1 heterocycles. The van der Waals surface area contributed by atoms with Crippen molar-refractivity contribution in [2.24, 2.45) is 0 Å². The number of esters is 1. The molecule has 7 heteroatoms. The van der Waals surface area contributed by atoms with Crippen LogP contribution in [-0.4, -0.2) is 49.3 Å². The van der Waals surface area contributed by atoms with Gasteiger partial charge in [0.1, 0.15) is 0 Å². The van der Waals surface area contributed by atoms with Crippen molar-refractivity contribution < 1.29 is 22.7 Å². The molecule has 1 amide bonds. The SMILES string of the molecule is CCc1ccc(C(=O)OCC(=O)N(Cc2ccccc2)[C@@H]2CCS(=O)(=O)C2)cc1. The number of hydrogen-bond donors (Lipinski definition) is 0. The quantitative estimate of drug-likeness (QED) is 0.650. The van der Waals surface area contributed by atoms with Gasteiger partial charge in [0.05, 0.1) is 17.1 Å². The number of hydrogen-bond acceptors (Lipinski definition) is 5. The van der Waals surface area contributed by atoms with E-state index in [0.717, 1.165) is 17.5 Å². The van der Waals surface area contributed by atoms with Crippen molar-refractivity contribution in [3.05, 3.63) is 71.3 Å². The van der Waals surface area contributed by atoms with E-state index in [0.29, 0.717) is 12.0 Å². The normalized spacial score (nSPS) is 17.6. The number of carbonyl (C=O) groups is 2. The molecule has 1 fully saturated rings. The van der Waals surface area contributed by atoms with Crippen LogP contribution in [0.15, 0.2) is 54.6 Å². The number of nitrogens with zero attached hydrogens (tertiary/aromatic N) is 1. The number of rotatable bonds is 7. The van der Waals surface area contributed by atoms with Gasteiger partial charge in [-0.1, -0.05) is 49.4 Å². The second kappa shape index (κ2) is 9.22. The molecule has 0 aromatic heterocycles. The van der Waals surface area contributed by atoms with E-state index in [9.17, 15) is 18.0 Å². The summed E-state index contributed by atoms with van der Waals surface area (Å²) in [7, 11) is -3.15. The van der Waals surface area contributed by atoms with Crippen molar-refractivity contribution in [1.82, 2.24) is 4.90 Å². The summed E-state index contributed by atoms with van der Waals surface area (Å²) in [4.78, 5) is 26.6. The number of benzene rings is 2. The van der Waals surface area contributed by atoms with Gasteiger partial charge >= 0.3 is 5.97 Å². The van der Waals surface area contributed by atoms with Gasteiger partial charge in [-0.3, -0.25) is 4.79 Å². The van der Waals surface area contributed by atoms with Gasteiger partial charge < -0.3 is 9.64 Å². The Kier molecular flexibility index (Phi) is 6.69. The van der Waals surface area contributed by atoms with E-state index < -0.39 is 34.4 Å². The van der Waals surface area contributed by atoms with Crippen LogP contribution < -0.4 is 0 Å². The highest BCUT2D eigenvalue weighted by Gasteiger charge is 2.35. The molecular weight excluding hydrogens is 390 g/mol. The van der Waals surface area contributed by atoms with Crippen molar-refractivity contribution in [3.8, 4) is 0 Å². The Bertz CT molecular complexity index is 954. The minimum absolute atomic E-state index is 0.0575. The molecule has 1 aliphatic heterocycles. The fraction of sp³-hybridized carbons (Fsp3) is 0.364. The molecule has 2 aromatic carbocycles. The van der Waals surface area contributed by atoms with Gasteiger partial charge in [0.15, 0.2) is 16.4 Å². The van der Waals surface area contributed by atoms with Crippen LogP contribution in [0, 0.1) is 0 Å². The molecule has 154 valence electrons. The number of carbonyl (C=O) groups excluding carboxylic acids is 2. The standard InChI is InChI=1S/C22H25NO5S/c1-2-17-8-10-19(11-9-17)22(25)28-15-21(24)23(14-18-6-4-3-5-7-18)20-12-13-29(26,27)16-20/h3-11,20H,2,12-16H2,1H3/t20-/m1/s1. The van der Waals surface area contributed by atoms with Crippen molar-refractivity contribution >= 4 is 21.7 Å². The van der Waals surface area contributed by atoms with Gasteiger partial charge in [-0.05, 0) is 36.1 Å². The van der Waals surface area contributed by atoms with E-state index >= 15 is 0 Å². The average molecular weight is 416 g/mol. The first-order valence-electron chi connectivity index (χ1n) is 9.68. The summed E-state index contributed by atoms with van der Waals surface area (Å²) in [5.41, 5.74) is 2.38. The van der Waals surface area contributed by atoms with Crippen molar-refractivity contribution in [1.29, 1.82) is 0 Å². The lowest BCUT2D eigenvalue weighted by Gasteiger charge is -2.28. The molecule has 2 aromatic rings. The Balaban J connectivity index is 1.67. The molecular formula is C22H25NO5S. The van der Waals surface area contributed by atoms with E-state index in [4.69, 9.17) is 4.74 Å². The van der Waals surface area contributed by atoms with Crippen LogP contribution in [0.2, 0.25) is 0 Å². The van der Waals surface area contributed by atoms with Crippen LogP contribution in [0.1, 0.15) is 34.8 Å². The topological polar surface area (TPSA) is 80.8 Å². The molecule has 29 heavy (non-hydrogen) atoms. The van der Waals surface area contributed by atoms with E-state index in [-0.39, 0.29) is 18.1 Å². The van der Waals surface area contributed by atoms with Crippen molar-refractivity contribution in [2.75, 3.05) is 18.1 Å². The number of aryl methyl sites for hydroxylation is 1. The maximum Gasteiger partial charge on any atom is 0.338 e. The van der Waals surface area contributed by atoms with Crippen LogP contribution in [0.25, 0.3) is 0 Å². The van der Waals surface area contributed by atoms with Crippen molar-refractivity contribution in [2.45, 2.75) is 32.4 Å². The molecule has 6 nitrogen and oxygen atoms in total. The van der Waals surface area contributed by atoms with Gasteiger partial charge in [-0.25, -0.2) is 13.2 Å². The van der Waals surface area contributed by atoms with Crippen molar-refractivity contribution in [3.63, 3.8) is 0 Å². The number of ether oxygens (including phenoxy) is 1. The van der Waals surface area contributed by atoms with Gasteiger partial charge in [-0.2, -0.15) is 0 Å². The Morgan fingerprint density at radius 3 is 2.31 bits per heavy atom. The first kappa shape index (κ1) is 21.0. The minimum Gasteiger partial charge on any atom is -0.452 e. The van der Waals surface area contributed by atoms with Crippen LogP contribution in [-0.2, 0) is 32.3 Å².